The first-order chi connectivity index (χ1) is 12.5. The molecule has 1 fully saturated rings. The van der Waals surface area contributed by atoms with Gasteiger partial charge < -0.3 is 23.2 Å². The fraction of sp³-hybridized carbons (Fsp3) is 0.556. The molecular weight excluding hydrogens is 364 g/mol. The van der Waals surface area contributed by atoms with Gasteiger partial charge in [-0.25, -0.2) is 0 Å². The van der Waals surface area contributed by atoms with Gasteiger partial charge in [0.2, 0.25) is 0 Å². The Balaban J connectivity index is 2.19. The third-order valence-corrected chi connectivity index (χ3v) is 5.04. The summed E-state index contributed by atoms with van der Waals surface area (Å²) < 4.78 is 67.7. The molecule has 0 bridgehead atoms. The predicted octanol–water partition coefficient (Wildman–Crippen LogP) is 3.82. The van der Waals surface area contributed by atoms with Crippen LogP contribution in [0.15, 0.2) is 22.8 Å². The van der Waals surface area contributed by atoms with E-state index in [4.69, 9.17) is 23.2 Å². The van der Waals surface area contributed by atoms with Crippen molar-refractivity contribution in [2.75, 3.05) is 13.9 Å². The van der Waals surface area contributed by atoms with Gasteiger partial charge in [0.15, 0.2) is 6.79 Å². The predicted molar refractivity (Wildman–Crippen MR) is 94.2 cm³/mol. The normalized spacial score (nSPS) is 19.0. The van der Waals surface area contributed by atoms with Crippen molar-refractivity contribution < 1.29 is 36.4 Å². The molecule has 1 aliphatic heterocycles. The number of ether oxygens (including phenoxy) is 2. The summed E-state index contributed by atoms with van der Waals surface area (Å²) in [5.41, 5.74) is -0.944. The molecule has 0 unspecified atom stereocenters. The first kappa shape index (κ1) is 20.0. The van der Waals surface area contributed by atoms with E-state index < -0.39 is 30.9 Å². The monoisotopic (exact) mass is 386 g/mol. The molecule has 0 spiro atoms. The maximum absolute atomic E-state index is 13.2. The zero-order chi connectivity index (χ0) is 20.0. The van der Waals surface area contributed by atoms with Crippen LogP contribution in [0.2, 0.25) is 0 Å². The van der Waals surface area contributed by atoms with Gasteiger partial charge >= 0.3 is 13.3 Å². The molecule has 0 amide bonds. The lowest BCUT2D eigenvalue weighted by molar-refractivity contribution is -0.127. The fourth-order valence-corrected chi connectivity index (χ4v) is 3.00. The van der Waals surface area contributed by atoms with Gasteiger partial charge in [0, 0.05) is 12.6 Å². The lowest BCUT2D eigenvalue weighted by Gasteiger charge is -2.32. The highest BCUT2D eigenvalue weighted by molar-refractivity contribution is 6.64. The summed E-state index contributed by atoms with van der Waals surface area (Å²) in [5.74, 6) is 0.209. The summed E-state index contributed by atoms with van der Waals surface area (Å²) in [6, 6.07) is 3.00. The Hall–Kier alpha value is -1.71. The van der Waals surface area contributed by atoms with Crippen LogP contribution < -0.4 is 10.2 Å². The molecule has 148 valence electrons. The molecule has 1 aromatic carbocycles. The average Bonchev–Trinajstić information content (AvgIpc) is 3.04. The standard InChI is InChI=1S/C18H22BF3O5/c1-16(2)17(3,4)27-19(26-16)14-11(9-18(20,21)22)8-13-12(6-7-24-13)15(14)25-10-23-5/h6-8H,9-10H2,1-5H3. The molecular formula is C18H22BF3O5. The summed E-state index contributed by atoms with van der Waals surface area (Å²) in [7, 11) is 0.416. The summed E-state index contributed by atoms with van der Waals surface area (Å²) in [6.07, 6.45) is -4.18. The molecule has 1 saturated heterocycles. The third-order valence-electron chi connectivity index (χ3n) is 5.04. The van der Waals surface area contributed by atoms with Crippen molar-refractivity contribution in [1.29, 1.82) is 0 Å². The first-order valence-electron chi connectivity index (χ1n) is 8.52. The van der Waals surface area contributed by atoms with Crippen LogP contribution in [0.25, 0.3) is 11.0 Å². The van der Waals surface area contributed by atoms with E-state index in [-0.39, 0.29) is 23.6 Å². The smallest absolute Gasteiger partial charge is 0.467 e. The molecule has 0 N–H and O–H groups in total. The van der Waals surface area contributed by atoms with Crippen LogP contribution in [0, 0.1) is 0 Å². The van der Waals surface area contributed by atoms with Crippen molar-refractivity contribution in [1.82, 2.24) is 0 Å². The van der Waals surface area contributed by atoms with Crippen molar-refractivity contribution in [2.45, 2.75) is 51.5 Å². The number of alkyl halides is 3. The molecule has 1 aliphatic rings. The van der Waals surface area contributed by atoms with Crippen molar-refractivity contribution in [3.8, 4) is 5.75 Å². The quantitative estimate of drug-likeness (QED) is 0.578. The van der Waals surface area contributed by atoms with E-state index >= 15 is 0 Å². The molecule has 27 heavy (non-hydrogen) atoms. The SMILES string of the molecule is COCOc1c(B2OC(C)(C)C(C)(C)O2)c(CC(F)(F)F)cc2occc12. The van der Waals surface area contributed by atoms with Crippen molar-refractivity contribution >= 4 is 23.6 Å². The number of fused-ring (bicyclic) bond motifs is 1. The lowest BCUT2D eigenvalue weighted by atomic mass is 9.73. The van der Waals surface area contributed by atoms with E-state index in [0.29, 0.717) is 11.0 Å². The van der Waals surface area contributed by atoms with Crippen LogP contribution in [0.4, 0.5) is 13.2 Å². The van der Waals surface area contributed by atoms with E-state index in [1.165, 1.54) is 19.4 Å². The summed E-state index contributed by atoms with van der Waals surface area (Å²) in [4.78, 5) is 0. The number of methoxy groups -OCH3 is 1. The maximum Gasteiger partial charge on any atom is 0.498 e. The molecule has 5 nitrogen and oxygen atoms in total. The van der Waals surface area contributed by atoms with Gasteiger partial charge in [0.05, 0.1) is 29.3 Å². The van der Waals surface area contributed by atoms with Gasteiger partial charge in [-0.3, -0.25) is 0 Å². The van der Waals surface area contributed by atoms with Crippen LogP contribution in [0.3, 0.4) is 0 Å². The number of hydrogen-bond donors (Lipinski definition) is 0. The molecule has 0 saturated carbocycles. The van der Waals surface area contributed by atoms with E-state index in [0.717, 1.165) is 0 Å². The van der Waals surface area contributed by atoms with Crippen LogP contribution >= 0.6 is 0 Å². The van der Waals surface area contributed by atoms with Crippen molar-refractivity contribution in [2.24, 2.45) is 0 Å². The van der Waals surface area contributed by atoms with Crippen LogP contribution in [-0.4, -0.2) is 38.4 Å². The number of furan rings is 1. The summed E-state index contributed by atoms with van der Waals surface area (Å²) in [6.45, 7) is 7.21. The van der Waals surface area contributed by atoms with Crippen molar-refractivity contribution in [3.05, 3.63) is 24.0 Å². The molecule has 0 aliphatic carbocycles. The van der Waals surface area contributed by atoms with Gasteiger partial charge in [-0.2, -0.15) is 13.2 Å². The van der Waals surface area contributed by atoms with Crippen molar-refractivity contribution in [3.63, 3.8) is 0 Å². The number of benzene rings is 1. The van der Waals surface area contributed by atoms with Crippen LogP contribution in [0.5, 0.6) is 5.75 Å². The summed E-state index contributed by atoms with van der Waals surface area (Å²) >= 11 is 0. The molecule has 1 aromatic heterocycles. The third kappa shape index (κ3) is 3.81. The second kappa shape index (κ2) is 6.72. The van der Waals surface area contributed by atoms with E-state index in [1.807, 2.05) is 27.7 Å². The molecule has 0 atom stereocenters. The largest absolute Gasteiger partial charge is 0.498 e. The minimum atomic E-state index is -4.42. The number of halogens is 3. The molecule has 0 radical (unpaired) electrons. The topological polar surface area (TPSA) is 50.1 Å². The van der Waals surface area contributed by atoms with Gasteiger partial charge in [-0.05, 0) is 45.4 Å². The highest BCUT2D eigenvalue weighted by Crippen LogP contribution is 2.39. The molecule has 9 heteroatoms. The Morgan fingerprint density at radius 3 is 2.30 bits per heavy atom. The average molecular weight is 386 g/mol. The maximum atomic E-state index is 13.2. The number of hydrogen-bond acceptors (Lipinski definition) is 5. The Labute approximate surface area is 155 Å². The van der Waals surface area contributed by atoms with E-state index in [9.17, 15) is 13.2 Å². The highest BCUT2D eigenvalue weighted by atomic mass is 19.4. The first-order valence-corrected chi connectivity index (χ1v) is 8.52. The highest BCUT2D eigenvalue weighted by Gasteiger charge is 2.53. The fourth-order valence-electron chi connectivity index (χ4n) is 3.00. The van der Waals surface area contributed by atoms with E-state index in [1.54, 1.807) is 6.07 Å². The Morgan fingerprint density at radius 2 is 1.74 bits per heavy atom. The Morgan fingerprint density at radius 1 is 1.11 bits per heavy atom. The zero-order valence-corrected chi connectivity index (χ0v) is 15.9. The minimum absolute atomic E-state index is 0.0189. The zero-order valence-electron chi connectivity index (χ0n) is 15.9. The second-order valence-corrected chi connectivity index (χ2v) is 7.54. The lowest BCUT2D eigenvalue weighted by Crippen LogP contribution is -2.41. The van der Waals surface area contributed by atoms with Gasteiger partial charge in [-0.15, -0.1) is 0 Å². The minimum Gasteiger partial charge on any atom is -0.467 e. The number of rotatable bonds is 5. The molecule has 2 aromatic rings. The Bertz CT molecular complexity index is 812. The molecule has 2 heterocycles. The summed E-state index contributed by atoms with van der Waals surface area (Å²) in [5, 5.41) is 0.530. The Kier molecular flexibility index (Phi) is 4.99. The van der Waals surface area contributed by atoms with Gasteiger partial charge in [0.25, 0.3) is 0 Å². The molecule has 3 rings (SSSR count). The van der Waals surface area contributed by atoms with Crippen LogP contribution in [0.1, 0.15) is 33.3 Å². The van der Waals surface area contributed by atoms with E-state index in [2.05, 4.69) is 0 Å². The van der Waals surface area contributed by atoms with Gasteiger partial charge in [-0.1, -0.05) is 0 Å². The van der Waals surface area contributed by atoms with Crippen LogP contribution in [-0.2, 0) is 20.5 Å². The second-order valence-electron chi connectivity index (χ2n) is 7.54. The van der Waals surface area contributed by atoms with Gasteiger partial charge in [0.1, 0.15) is 11.3 Å².